The fraction of sp³-hybridized carbons (Fsp3) is 0.368. The summed E-state index contributed by atoms with van der Waals surface area (Å²) >= 11 is 1.33. The van der Waals surface area contributed by atoms with Crippen LogP contribution in [0.25, 0.3) is 5.78 Å². The Morgan fingerprint density at radius 2 is 1.86 bits per heavy atom. The third-order valence-corrected chi connectivity index (χ3v) is 4.75. The first kappa shape index (κ1) is 19.9. The second kappa shape index (κ2) is 9.41. The molecular formula is C19H23N5O3S. The fourth-order valence-electron chi connectivity index (χ4n) is 2.63. The summed E-state index contributed by atoms with van der Waals surface area (Å²) in [5.74, 6) is 2.25. The minimum Gasteiger partial charge on any atom is -0.494 e. The molecule has 2 heterocycles. The summed E-state index contributed by atoms with van der Waals surface area (Å²) in [6.07, 6.45) is 0. The van der Waals surface area contributed by atoms with Crippen LogP contribution >= 0.6 is 11.8 Å². The molecule has 0 spiro atoms. The smallest absolute Gasteiger partial charge is 0.256 e. The van der Waals surface area contributed by atoms with Crippen LogP contribution in [0.2, 0.25) is 0 Å². The van der Waals surface area contributed by atoms with Gasteiger partial charge in [-0.25, -0.2) is 4.98 Å². The molecule has 148 valence electrons. The maximum absolute atomic E-state index is 12.1. The van der Waals surface area contributed by atoms with Gasteiger partial charge in [-0.2, -0.15) is 0 Å². The van der Waals surface area contributed by atoms with E-state index in [2.05, 4.69) is 20.5 Å². The van der Waals surface area contributed by atoms with Crippen LogP contribution in [0.4, 0.5) is 0 Å². The standard InChI is InChI=1S/C19H23N5O3S/c1-4-26-15-5-7-16(8-6-15)27-10-9-20-17(25)12-28-19-23-22-18-21-13(2)11-14(3)24(18)19/h5-8,11H,4,9-10,12H2,1-3H3,(H,20,25). The van der Waals surface area contributed by atoms with E-state index in [0.717, 1.165) is 22.9 Å². The predicted octanol–water partition coefficient (Wildman–Crippen LogP) is 2.43. The van der Waals surface area contributed by atoms with Crippen LogP contribution in [0.1, 0.15) is 18.3 Å². The number of aryl methyl sites for hydroxylation is 2. The van der Waals surface area contributed by atoms with E-state index < -0.39 is 0 Å². The van der Waals surface area contributed by atoms with Gasteiger partial charge in [-0.3, -0.25) is 9.20 Å². The van der Waals surface area contributed by atoms with Crippen molar-refractivity contribution >= 4 is 23.4 Å². The van der Waals surface area contributed by atoms with Crippen LogP contribution in [0.5, 0.6) is 11.5 Å². The average molecular weight is 401 g/mol. The zero-order valence-corrected chi connectivity index (χ0v) is 17.0. The lowest BCUT2D eigenvalue weighted by Crippen LogP contribution is -2.29. The van der Waals surface area contributed by atoms with Crippen LogP contribution in [0, 0.1) is 13.8 Å². The maximum atomic E-state index is 12.1. The van der Waals surface area contributed by atoms with Crippen molar-refractivity contribution in [1.82, 2.24) is 24.9 Å². The Morgan fingerprint density at radius 1 is 1.14 bits per heavy atom. The number of amides is 1. The molecule has 1 aromatic carbocycles. The molecule has 1 amide bonds. The van der Waals surface area contributed by atoms with Gasteiger partial charge in [0.25, 0.3) is 5.78 Å². The lowest BCUT2D eigenvalue weighted by atomic mass is 10.3. The molecule has 0 aliphatic heterocycles. The molecular weight excluding hydrogens is 378 g/mol. The van der Waals surface area contributed by atoms with E-state index in [0.29, 0.717) is 30.7 Å². The molecule has 8 nitrogen and oxygen atoms in total. The second-order valence-electron chi connectivity index (χ2n) is 6.05. The molecule has 0 saturated heterocycles. The van der Waals surface area contributed by atoms with Gasteiger partial charge in [-0.05, 0) is 51.1 Å². The van der Waals surface area contributed by atoms with E-state index in [4.69, 9.17) is 9.47 Å². The molecule has 0 fully saturated rings. The number of hydrogen-bond donors (Lipinski definition) is 1. The molecule has 3 aromatic rings. The maximum Gasteiger partial charge on any atom is 0.256 e. The monoisotopic (exact) mass is 401 g/mol. The normalized spacial score (nSPS) is 10.8. The van der Waals surface area contributed by atoms with Gasteiger partial charge in [-0.15, -0.1) is 10.2 Å². The summed E-state index contributed by atoms with van der Waals surface area (Å²) in [6.45, 7) is 7.26. The topological polar surface area (TPSA) is 90.6 Å². The zero-order valence-electron chi connectivity index (χ0n) is 16.1. The zero-order chi connectivity index (χ0) is 19.9. The van der Waals surface area contributed by atoms with E-state index in [1.807, 2.05) is 55.5 Å². The summed E-state index contributed by atoms with van der Waals surface area (Å²) < 4.78 is 12.8. The van der Waals surface area contributed by atoms with Gasteiger partial charge in [0.05, 0.1) is 18.9 Å². The van der Waals surface area contributed by atoms with E-state index in [1.165, 1.54) is 11.8 Å². The van der Waals surface area contributed by atoms with E-state index in [-0.39, 0.29) is 11.7 Å². The number of aromatic nitrogens is 4. The Labute approximate surface area is 167 Å². The van der Waals surface area contributed by atoms with Gasteiger partial charge >= 0.3 is 0 Å². The van der Waals surface area contributed by atoms with Gasteiger partial charge in [0.2, 0.25) is 5.91 Å². The molecule has 28 heavy (non-hydrogen) atoms. The van der Waals surface area contributed by atoms with Crippen molar-refractivity contribution in [2.24, 2.45) is 0 Å². The lowest BCUT2D eigenvalue weighted by Gasteiger charge is -2.09. The van der Waals surface area contributed by atoms with Gasteiger partial charge in [0.15, 0.2) is 5.16 Å². The van der Waals surface area contributed by atoms with Crippen molar-refractivity contribution in [1.29, 1.82) is 0 Å². The Kier molecular flexibility index (Phi) is 6.70. The Bertz CT molecular complexity index is 943. The van der Waals surface area contributed by atoms with Crippen molar-refractivity contribution in [3.63, 3.8) is 0 Å². The molecule has 0 bridgehead atoms. The number of carbonyl (C=O) groups is 1. The summed E-state index contributed by atoms with van der Waals surface area (Å²) in [4.78, 5) is 16.4. The molecule has 0 unspecified atom stereocenters. The third kappa shape index (κ3) is 5.13. The number of nitrogens with zero attached hydrogens (tertiary/aromatic N) is 4. The van der Waals surface area contributed by atoms with Crippen molar-refractivity contribution in [2.45, 2.75) is 25.9 Å². The molecule has 1 N–H and O–H groups in total. The van der Waals surface area contributed by atoms with Crippen molar-refractivity contribution in [3.05, 3.63) is 41.7 Å². The van der Waals surface area contributed by atoms with E-state index in [9.17, 15) is 4.79 Å². The van der Waals surface area contributed by atoms with Gasteiger partial charge in [-0.1, -0.05) is 11.8 Å². The number of benzene rings is 1. The Hall–Kier alpha value is -2.81. The van der Waals surface area contributed by atoms with Crippen LogP contribution in [-0.2, 0) is 4.79 Å². The number of thioether (sulfide) groups is 1. The summed E-state index contributed by atoms with van der Waals surface area (Å²) in [5.41, 5.74) is 1.87. The van der Waals surface area contributed by atoms with Crippen LogP contribution < -0.4 is 14.8 Å². The molecule has 0 atom stereocenters. The Morgan fingerprint density at radius 3 is 2.57 bits per heavy atom. The third-order valence-electron chi connectivity index (χ3n) is 3.82. The van der Waals surface area contributed by atoms with Crippen LogP contribution in [-0.4, -0.2) is 51.0 Å². The van der Waals surface area contributed by atoms with Gasteiger partial charge < -0.3 is 14.8 Å². The largest absolute Gasteiger partial charge is 0.494 e. The first-order chi connectivity index (χ1) is 13.6. The molecule has 0 aliphatic rings. The highest BCUT2D eigenvalue weighted by Crippen LogP contribution is 2.19. The van der Waals surface area contributed by atoms with Gasteiger partial charge in [0, 0.05) is 11.4 Å². The minimum atomic E-state index is -0.0882. The molecule has 9 heteroatoms. The first-order valence-corrected chi connectivity index (χ1v) is 10.00. The number of hydrogen-bond acceptors (Lipinski definition) is 7. The second-order valence-corrected chi connectivity index (χ2v) is 6.99. The summed E-state index contributed by atoms with van der Waals surface area (Å²) in [6, 6.07) is 9.36. The summed E-state index contributed by atoms with van der Waals surface area (Å²) in [7, 11) is 0. The fourth-order valence-corrected chi connectivity index (χ4v) is 3.45. The van der Waals surface area contributed by atoms with E-state index >= 15 is 0 Å². The van der Waals surface area contributed by atoms with E-state index in [1.54, 1.807) is 0 Å². The number of rotatable bonds is 9. The van der Waals surface area contributed by atoms with Crippen LogP contribution in [0.3, 0.4) is 0 Å². The minimum absolute atomic E-state index is 0.0882. The highest BCUT2D eigenvalue weighted by molar-refractivity contribution is 7.99. The molecule has 0 aliphatic carbocycles. The first-order valence-electron chi connectivity index (χ1n) is 9.01. The SMILES string of the molecule is CCOc1ccc(OCCNC(=O)CSc2nnc3nc(C)cc(C)n23)cc1. The number of carbonyl (C=O) groups excluding carboxylic acids is 1. The Balaban J connectivity index is 1.41. The number of nitrogens with one attached hydrogen (secondary N) is 1. The lowest BCUT2D eigenvalue weighted by molar-refractivity contribution is -0.118. The van der Waals surface area contributed by atoms with Crippen LogP contribution in [0.15, 0.2) is 35.5 Å². The van der Waals surface area contributed by atoms with Crippen molar-refractivity contribution in [2.75, 3.05) is 25.5 Å². The predicted molar refractivity (Wildman–Crippen MR) is 107 cm³/mol. The molecule has 0 saturated carbocycles. The highest BCUT2D eigenvalue weighted by atomic mass is 32.2. The van der Waals surface area contributed by atoms with Crippen molar-refractivity contribution in [3.8, 4) is 11.5 Å². The molecule has 0 radical (unpaired) electrons. The number of fused-ring (bicyclic) bond motifs is 1. The molecule has 3 rings (SSSR count). The average Bonchev–Trinajstić information content (AvgIpc) is 3.08. The van der Waals surface area contributed by atoms with Gasteiger partial charge in [0.1, 0.15) is 18.1 Å². The quantitative estimate of drug-likeness (QED) is 0.435. The van der Waals surface area contributed by atoms with Crippen molar-refractivity contribution < 1.29 is 14.3 Å². The summed E-state index contributed by atoms with van der Waals surface area (Å²) in [5, 5.41) is 11.7. The number of ether oxygens (including phenoxy) is 2. The molecule has 2 aromatic heterocycles. The highest BCUT2D eigenvalue weighted by Gasteiger charge is 2.12.